The van der Waals surface area contributed by atoms with Crippen LogP contribution in [0.15, 0.2) is 0 Å². The van der Waals surface area contributed by atoms with Crippen molar-refractivity contribution in [3.63, 3.8) is 0 Å². The summed E-state index contributed by atoms with van der Waals surface area (Å²) in [7, 11) is 1.21. The van der Waals surface area contributed by atoms with Crippen LogP contribution in [-0.2, 0) is 52.4 Å². The third-order valence-electron chi connectivity index (χ3n) is 4.54. The topological polar surface area (TPSA) is 153 Å². The number of hydrogen-bond donors (Lipinski definition) is 1. The minimum absolute atomic E-state index is 0.0549. The second kappa shape index (κ2) is 13.8. The maximum Gasteiger partial charge on any atom is 0.471 e. The van der Waals surface area contributed by atoms with E-state index in [-0.39, 0.29) is 19.4 Å². The van der Waals surface area contributed by atoms with E-state index < -0.39 is 73.2 Å². The Hall–Kier alpha value is -2.94. The van der Waals surface area contributed by atoms with Gasteiger partial charge in [0, 0.05) is 33.8 Å². The van der Waals surface area contributed by atoms with Crippen LogP contribution in [-0.4, -0.2) is 86.9 Å². The van der Waals surface area contributed by atoms with Gasteiger partial charge in [-0.3, -0.25) is 24.0 Å². The van der Waals surface area contributed by atoms with Gasteiger partial charge >= 0.3 is 36.0 Å². The van der Waals surface area contributed by atoms with E-state index in [2.05, 4.69) is 4.74 Å². The predicted molar refractivity (Wildman–Crippen MR) is 106 cm³/mol. The van der Waals surface area contributed by atoms with Crippen molar-refractivity contribution in [2.24, 2.45) is 0 Å². The molecule has 5 atom stereocenters. The smallest absolute Gasteiger partial charge is 0.469 e. The Morgan fingerprint density at radius 3 is 2.03 bits per heavy atom. The van der Waals surface area contributed by atoms with Crippen LogP contribution in [0, 0.1) is 0 Å². The summed E-state index contributed by atoms with van der Waals surface area (Å²) in [6.07, 6.45) is -10.9. The number of unbranched alkanes of at least 4 members (excludes halogenated alkanes) is 1. The Bertz CT molecular complexity index is 774. The molecule has 1 heterocycles. The summed E-state index contributed by atoms with van der Waals surface area (Å²) in [5.41, 5.74) is 0. The fourth-order valence-corrected chi connectivity index (χ4v) is 3.10. The van der Waals surface area contributed by atoms with Gasteiger partial charge in [0.25, 0.3) is 0 Å². The van der Waals surface area contributed by atoms with Crippen LogP contribution in [0.3, 0.4) is 0 Å². The average molecular weight is 515 g/mol. The Kier molecular flexibility index (Phi) is 11.9. The lowest BCUT2D eigenvalue weighted by Gasteiger charge is -2.45. The van der Waals surface area contributed by atoms with E-state index >= 15 is 0 Å². The first-order valence-electron chi connectivity index (χ1n) is 10.5. The second-order valence-electron chi connectivity index (χ2n) is 7.39. The number of carbonyl (C=O) groups excluding carboxylic acids is 5. The number of methoxy groups -OCH3 is 1. The molecule has 1 amide bonds. The van der Waals surface area contributed by atoms with Gasteiger partial charge in [-0.05, 0) is 12.8 Å². The van der Waals surface area contributed by atoms with E-state index in [0.29, 0.717) is 6.42 Å². The van der Waals surface area contributed by atoms with Gasteiger partial charge in [0.15, 0.2) is 18.5 Å². The van der Waals surface area contributed by atoms with E-state index in [9.17, 15) is 37.1 Å². The average Bonchev–Trinajstić information content (AvgIpc) is 2.74. The third kappa shape index (κ3) is 10.5. The van der Waals surface area contributed by atoms with Gasteiger partial charge in [-0.2, -0.15) is 13.2 Å². The molecule has 1 N–H and O–H groups in total. The summed E-state index contributed by atoms with van der Waals surface area (Å²) in [6.45, 7) is 2.33. The first kappa shape index (κ1) is 30.1. The van der Waals surface area contributed by atoms with Crippen molar-refractivity contribution < 1.29 is 65.6 Å². The minimum Gasteiger partial charge on any atom is -0.469 e. The van der Waals surface area contributed by atoms with E-state index in [1.54, 1.807) is 5.32 Å². The molecule has 0 spiro atoms. The zero-order valence-electron chi connectivity index (χ0n) is 19.5. The van der Waals surface area contributed by atoms with Crippen LogP contribution in [0.2, 0.25) is 0 Å². The van der Waals surface area contributed by atoms with Crippen molar-refractivity contribution in [2.75, 3.05) is 20.3 Å². The molecule has 0 aromatic carbocycles. The fourth-order valence-electron chi connectivity index (χ4n) is 3.10. The molecule has 0 aromatic heterocycles. The van der Waals surface area contributed by atoms with Gasteiger partial charge in [-0.25, -0.2) is 0 Å². The number of rotatable bonds is 11. The monoisotopic (exact) mass is 515 g/mol. The molecular formula is C20H28F3NO11. The lowest BCUT2D eigenvalue weighted by molar-refractivity contribution is -0.279. The summed E-state index contributed by atoms with van der Waals surface area (Å²) >= 11 is 0. The highest BCUT2D eigenvalue weighted by Gasteiger charge is 2.53. The summed E-state index contributed by atoms with van der Waals surface area (Å²) in [5, 5.41) is 1.66. The lowest BCUT2D eigenvalue weighted by atomic mass is 9.96. The van der Waals surface area contributed by atoms with Gasteiger partial charge in [0.05, 0.1) is 7.11 Å². The molecule has 35 heavy (non-hydrogen) atoms. The van der Waals surface area contributed by atoms with Crippen LogP contribution in [0.1, 0.15) is 40.0 Å². The SMILES string of the molecule is COC(=O)CCCCO[C@@H]1OC(COC(C)=O)[C@H](OC(C)=O)C(OC(C)=O)[C@@H]1NC(=O)C(F)(F)F. The molecule has 12 nitrogen and oxygen atoms in total. The first-order valence-corrected chi connectivity index (χ1v) is 10.5. The number of nitrogens with one attached hydrogen (secondary N) is 1. The lowest BCUT2D eigenvalue weighted by Crippen LogP contribution is -2.67. The van der Waals surface area contributed by atoms with Crippen LogP contribution >= 0.6 is 0 Å². The summed E-state index contributed by atoms with van der Waals surface area (Å²) in [6, 6.07) is -1.77. The van der Waals surface area contributed by atoms with Crippen LogP contribution in [0.5, 0.6) is 0 Å². The predicted octanol–water partition coefficient (Wildman–Crippen LogP) is 0.545. The highest BCUT2D eigenvalue weighted by molar-refractivity contribution is 5.82. The Balaban J connectivity index is 3.23. The highest BCUT2D eigenvalue weighted by atomic mass is 19.4. The molecule has 0 aromatic rings. The molecule has 0 bridgehead atoms. The van der Waals surface area contributed by atoms with Gasteiger partial charge in [0.1, 0.15) is 18.8 Å². The standard InChI is InChI=1S/C20H28F3NO11/c1-10(25)32-9-13-16(33-11(2)26)17(34-12(3)27)15(24-19(29)20(21,22)23)18(35-13)31-8-6-5-7-14(28)30-4/h13,15-18H,5-9H2,1-4H3,(H,24,29)/t13?,15-,16-,17?,18+/m0/s1. The summed E-state index contributed by atoms with van der Waals surface area (Å²) < 4.78 is 69.7. The molecule has 0 radical (unpaired) electrons. The van der Waals surface area contributed by atoms with Crippen molar-refractivity contribution in [3.8, 4) is 0 Å². The molecule has 200 valence electrons. The van der Waals surface area contributed by atoms with Crippen LogP contribution in [0.4, 0.5) is 13.2 Å². The van der Waals surface area contributed by atoms with Gasteiger partial charge < -0.3 is 33.7 Å². The Morgan fingerprint density at radius 1 is 0.914 bits per heavy atom. The third-order valence-corrected chi connectivity index (χ3v) is 4.54. The van der Waals surface area contributed by atoms with Crippen molar-refractivity contribution >= 4 is 29.8 Å². The maximum absolute atomic E-state index is 13.0. The normalized spacial score (nSPS) is 24.1. The summed E-state index contributed by atoms with van der Waals surface area (Å²) in [5.74, 6) is -5.49. The Morgan fingerprint density at radius 2 is 1.51 bits per heavy atom. The van der Waals surface area contributed by atoms with Crippen LogP contribution in [0.25, 0.3) is 0 Å². The first-order chi connectivity index (χ1) is 16.3. The zero-order valence-corrected chi connectivity index (χ0v) is 19.5. The van der Waals surface area contributed by atoms with E-state index in [1.165, 1.54) is 7.11 Å². The minimum atomic E-state index is -5.31. The van der Waals surface area contributed by atoms with E-state index in [1.807, 2.05) is 0 Å². The largest absolute Gasteiger partial charge is 0.471 e. The molecule has 1 fully saturated rings. The van der Waals surface area contributed by atoms with E-state index in [0.717, 1.165) is 20.8 Å². The molecular weight excluding hydrogens is 487 g/mol. The van der Waals surface area contributed by atoms with E-state index in [4.69, 9.17) is 23.7 Å². The maximum atomic E-state index is 13.0. The quantitative estimate of drug-likeness (QED) is 0.233. The number of ether oxygens (including phenoxy) is 6. The molecule has 15 heteroatoms. The van der Waals surface area contributed by atoms with Gasteiger partial charge in [-0.15, -0.1) is 0 Å². The molecule has 0 aliphatic carbocycles. The zero-order chi connectivity index (χ0) is 26.8. The fraction of sp³-hybridized carbons (Fsp3) is 0.750. The molecule has 2 unspecified atom stereocenters. The Labute approximate surface area is 198 Å². The van der Waals surface area contributed by atoms with Gasteiger partial charge in [-0.1, -0.05) is 0 Å². The summed E-state index contributed by atoms with van der Waals surface area (Å²) in [4.78, 5) is 57.6. The van der Waals surface area contributed by atoms with Crippen molar-refractivity contribution in [2.45, 2.75) is 76.9 Å². The molecule has 0 saturated carbocycles. The van der Waals surface area contributed by atoms with Crippen molar-refractivity contribution in [1.29, 1.82) is 0 Å². The number of halogens is 3. The highest BCUT2D eigenvalue weighted by Crippen LogP contribution is 2.29. The molecule has 1 aliphatic rings. The van der Waals surface area contributed by atoms with Crippen molar-refractivity contribution in [3.05, 3.63) is 0 Å². The number of alkyl halides is 3. The number of esters is 4. The van der Waals surface area contributed by atoms with Crippen molar-refractivity contribution in [1.82, 2.24) is 5.32 Å². The van der Waals surface area contributed by atoms with Crippen LogP contribution < -0.4 is 5.32 Å². The molecule has 1 rings (SSSR count). The number of carbonyl (C=O) groups is 5. The molecule has 1 saturated heterocycles. The second-order valence-corrected chi connectivity index (χ2v) is 7.39. The van der Waals surface area contributed by atoms with Gasteiger partial charge in [0.2, 0.25) is 0 Å². The molecule has 1 aliphatic heterocycles. The number of hydrogen-bond acceptors (Lipinski definition) is 11. The number of amides is 1.